The van der Waals surface area contributed by atoms with Crippen LogP contribution in [0.25, 0.3) is 0 Å². The predicted molar refractivity (Wildman–Crippen MR) is 96.9 cm³/mol. The molecule has 0 aromatic rings. The Bertz CT molecular complexity index is 212. The molecule has 2 heteroatoms. The molecule has 0 N–H and O–H groups in total. The van der Waals surface area contributed by atoms with E-state index in [0.717, 1.165) is 0 Å². The van der Waals surface area contributed by atoms with Gasteiger partial charge in [0.2, 0.25) is 0 Å². The molecule has 0 radical (unpaired) electrons. The largest absolute Gasteiger partial charge is 0.328 e. The monoisotopic (exact) mass is 299 g/mol. The lowest BCUT2D eigenvalue weighted by atomic mass is 10.1. The maximum atomic E-state index is 2.39. The highest BCUT2D eigenvalue weighted by atomic mass is 15.3. The van der Waals surface area contributed by atoms with Gasteiger partial charge >= 0.3 is 0 Å². The predicted octanol–water partition coefficient (Wildman–Crippen LogP) is 4.94. The van der Waals surface area contributed by atoms with Gasteiger partial charge in [-0.15, -0.1) is 0 Å². The first-order chi connectivity index (χ1) is 9.98. The lowest BCUT2D eigenvalue weighted by Gasteiger charge is -2.30. The van der Waals surface area contributed by atoms with E-state index in [4.69, 9.17) is 0 Å². The van der Waals surface area contributed by atoms with Crippen molar-refractivity contribution in [2.45, 2.75) is 77.6 Å². The average molecular weight is 300 g/mol. The topological polar surface area (TPSA) is 3.24 Å². The Labute approximate surface area is 135 Å². The van der Waals surface area contributed by atoms with Crippen LogP contribution in [0, 0.1) is 0 Å². The van der Waals surface area contributed by atoms with Gasteiger partial charge in [-0.3, -0.25) is 0 Å². The minimum absolute atomic E-state index is 1.20. The lowest BCUT2D eigenvalue weighted by molar-refractivity contribution is -0.890. The van der Waals surface area contributed by atoms with Crippen LogP contribution < -0.4 is 0 Å². The van der Waals surface area contributed by atoms with E-state index in [2.05, 4.69) is 40.0 Å². The molecular formula is C19H43N2+. The van der Waals surface area contributed by atoms with Crippen LogP contribution in [0.3, 0.4) is 0 Å². The van der Waals surface area contributed by atoms with Gasteiger partial charge in [-0.25, -0.2) is 0 Å². The van der Waals surface area contributed by atoms with Crippen LogP contribution in [-0.2, 0) is 0 Å². The first kappa shape index (κ1) is 20.9. The van der Waals surface area contributed by atoms with Gasteiger partial charge in [0.15, 0.2) is 0 Å². The van der Waals surface area contributed by atoms with E-state index in [1.54, 1.807) is 0 Å². The second-order valence-corrected chi connectivity index (χ2v) is 7.72. The molecule has 128 valence electrons. The summed E-state index contributed by atoms with van der Waals surface area (Å²) in [6.07, 6.45) is 15.7. The molecule has 0 atom stereocenters. The number of hydrogen-bond acceptors (Lipinski definition) is 1. The van der Waals surface area contributed by atoms with E-state index < -0.39 is 0 Å². The zero-order valence-corrected chi connectivity index (χ0v) is 15.8. The Morgan fingerprint density at radius 2 is 1.05 bits per heavy atom. The van der Waals surface area contributed by atoms with Gasteiger partial charge in [0.05, 0.1) is 27.2 Å². The molecule has 0 saturated carbocycles. The maximum absolute atomic E-state index is 2.39. The third kappa shape index (κ3) is 16.1. The van der Waals surface area contributed by atoms with Crippen LogP contribution in [0.15, 0.2) is 0 Å². The Morgan fingerprint density at radius 3 is 1.52 bits per heavy atom. The van der Waals surface area contributed by atoms with Crippen molar-refractivity contribution >= 4 is 0 Å². The highest BCUT2D eigenvalue weighted by Gasteiger charge is 2.13. The fraction of sp³-hybridized carbons (Fsp3) is 1.00. The van der Waals surface area contributed by atoms with Crippen molar-refractivity contribution in [1.29, 1.82) is 0 Å². The fourth-order valence-corrected chi connectivity index (χ4v) is 2.95. The van der Waals surface area contributed by atoms with Gasteiger partial charge < -0.3 is 9.38 Å². The summed E-state index contributed by atoms with van der Waals surface area (Å²) in [6, 6.07) is 0. The lowest BCUT2D eigenvalue weighted by Crippen LogP contribution is -2.42. The number of nitrogens with zero attached hydrogens (tertiary/aromatic N) is 2. The molecule has 0 fully saturated rings. The van der Waals surface area contributed by atoms with E-state index in [1.165, 1.54) is 94.7 Å². The zero-order chi connectivity index (χ0) is 16.0. The van der Waals surface area contributed by atoms with Crippen molar-refractivity contribution in [2.24, 2.45) is 0 Å². The van der Waals surface area contributed by atoms with E-state index >= 15 is 0 Å². The van der Waals surface area contributed by atoms with Gasteiger partial charge in [-0.05, 0) is 26.9 Å². The molecule has 0 unspecified atom stereocenters. The molecule has 0 bridgehead atoms. The zero-order valence-electron chi connectivity index (χ0n) is 15.8. The molecule has 0 aromatic carbocycles. The normalized spacial score (nSPS) is 12.3. The Balaban J connectivity index is 3.32. The van der Waals surface area contributed by atoms with Crippen molar-refractivity contribution < 1.29 is 4.48 Å². The second kappa shape index (κ2) is 13.6. The molecule has 0 aliphatic carbocycles. The third-order valence-corrected chi connectivity index (χ3v) is 4.49. The number of hydrogen-bond donors (Lipinski definition) is 0. The van der Waals surface area contributed by atoms with Crippen LogP contribution in [0.1, 0.15) is 77.6 Å². The summed E-state index contributed by atoms with van der Waals surface area (Å²) in [5, 5.41) is 0. The Kier molecular flexibility index (Phi) is 13.5. The molecule has 0 saturated heterocycles. The molecule has 0 rings (SSSR count). The SMILES string of the molecule is CCCCCCCCCCCC[N+](C)(C)CCCN(C)C. The quantitative estimate of drug-likeness (QED) is 0.306. The van der Waals surface area contributed by atoms with Crippen LogP contribution in [0.2, 0.25) is 0 Å². The van der Waals surface area contributed by atoms with Gasteiger partial charge in [0, 0.05) is 13.0 Å². The van der Waals surface area contributed by atoms with E-state index in [-0.39, 0.29) is 0 Å². The summed E-state index contributed by atoms with van der Waals surface area (Å²) in [4.78, 5) is 2.29. The molecule has 0 heterocycles. The van der Waals surface area contributed by atoms with Crippen LogP contribution in [-0.4, -0.2) is 57.2 Å². The smallest absolute Gasteiger partial charge is 0.0794 e. The van der Waals surface area contributed by atoms with Gasteiger partial charge in [-0.1, -0.05) is 58.3 Å². The molecule has 0 aromatic heterocycles. The number of rotatable bonds is 15. The van der Waals surface area contributed by atoms with Gasteiger partial charge in [0.1, 0.15) is 0 Å². The Morgan fingerprint density at radius 1 is 0.619 bits per heavy atom. The molecule has 0 spiro atoms. The van der Waals surface area contributed by atoms with E-state index in [9.17, 15) is 0 Å². The highest BCUT2D eigenvalue weighted by Crippen LogP contribution is 2.11. The average Bonchev–Trinajstić information content (AvgIpc) is 2.40. The molecule has 0 aliphatic heterocycles. The van der Waals surface area contributed by atoms with Crippen molar-refractivity contribution in [3.05, 3.63) is 0 Å². The number of unbranched alkanes of at least 4 members (excludes halogenated alkanes) is 9. The first-order valence-corrected chi connectivity index (χ1v) is 9.44. The second-order valence-electron chi connectivity index (χ2n) is 7.72. The molecule has 0 amide bonds. The highest BCUT2D eigenvalue weighted by molar-refractivity contribution is 4.48. The molecule has 0 aliphatic rings. The molecular weight excluding hydrogens is 256 g/mol. The third-order valence-electron chi connectivity index (χ3n) is 4.49. The summed E-state index contributed by atoms with van der Waals surface area (Å²) in [6.45, 7) is 6.18. The summed E-state index contributed by atoms with van der Waals surface area (Å²) in [5.41, 5.74) is 0. The summed E-state index contributed by atoms with van der Waals surface area (Å²) in [7, 11) is 9.12. The van der Waals surface area contributed by atoms with Crippen LogP contribution in [0.5, 0.6) is 0 Å². The summed E-state index contributed by atoms with van der Waals surface area (Å²) < 4.78 is 1.20. The van der Waals surface area contributed by atoms with Crippen LogP contribution in [0.4, 0.5) is 0 Å². The molecule has 21 heavy (non-hydrogen) atoms. The standard InChI is InChI=1S/C19H43N2/c1-6-7-8-9-10-11-12-13-14-15-18-21(4,5)19-16-17-20(2)3/h6-19H2,1-5H3/q+1. The van der Waals surface area contributed by atoms with Crippen molar-refractivity contribution in [1.82, 2.24) is 4.90 Å². The van der Waals surface area contributed by atoms with Crippen molar-refractivity contribution in [3.63, 3.8) is 0 Å². The molecule has 2 nitrogen and oxygen atoms in total. The van der Waals surface area contributed by atoms with Gasteiger partial charge in [-0.2, -0.15) is 0 Å². The van der Waals surface area contributed by atoms with Crippen molar-refractivity contribution in [2.75, 3.05) is 47.8 Å². The van der Waals surface area contributed by atoms with E-state index in [0.29, 0.717) is 0 Å². The van der Waals surface area contributed by atoms with Crippen molar-refractivity contribution in [3.8, 4) is 0 Å². The first-order valence-electron chi connectivity index (χ1n) is 9.44. The minimum atomic E-state index is 1.20. The number of quaternary nitrogens is 1. The van der Waals surface area contributed by atoms with Gasteiger partial charge in [0.25, 0.3) is 0 Å². The fourth-order valence-electron chi connectivity index (χ4n) is 2.95. The Hall–Kier alpha value is -0.0800. The minimum Gasteiger partial charge on any atom is -0.328 e. The summed E-state index contributed by atoms with van der Waals surface area (Å²) >= 11 is 0. The van der Waals surface area contributed by atoms with E-state index in [1.807, 2.05) is 0 Å². The summed E-state index contributed by atoms with van der Waals surface area (Å²) in [5.74, 6) is 0. The van der Waals surface area contributed by atoms with Crippen LogP contribution >= 0.6 is 0 Å². The maximum Gasteiger partial charge on any atom is 0.0794 e.